The van der Waals surface area contributed by atoms with E-state index in [1.54, 1.807) is 61.1 Å². The second-order valence-corrected chi connectivity index (χ2v) is 7.46. The SMILES string of the molecule is COc1cc(OC)c(-c2ncn(-c3ccccc3)c2-c2cc(OC)c(OC)cc2OC)cc1OC. The second kappa shape index (κ2) is 10.3. The average Bonchev–Trinajstić information content (AvgIpc) is 3.36. The summed E-state index contributed by atoms with van der Waals surface area (Å²) in [6, 6.07) is 17.2. The highest BCUT2D eigenvalue weighted by Gasteiger charge is 2.25. The van der Waals surface area contributed by atoms with Crippen molar-refractivity contribution in [3.8, 4) is 62.7 Å². The third-order valence-electron chi connectivity index (χ3n) is 5.72. The normalized spacial score (nSPS) is 10.6. The zero-order valence-electron chi connectivity index (χ0n) is 20.6. The Kier molecular flexibility index (Phi) is 7.01. The monoisotopic (exact) mass is 476 g/mol. The lowest BCUT2D eigenvalue weighted by molar-refractivity contribution is 0.349. The quantitative estimate of drug-likeness (QED) is 0.326. The molecule has 8 heteroatoms. The molecule has 182 valence electrons. The summed E-state index contributed by atoms with van der Waals surface area (Å²) < 4.78 is 35.6. The molecule has 0 bridgehead atoms. The molecule has 0 aliphatic carbocycles. The van der Waals surface area contributed by atoms with Crippen molar-refractivity contribution in [2.45, 2.75) is 0 Å². The number of methoxy groups -OCH3 is 6. The molecule has 0 unspecified atom stereocenters. The lowest BCUT2D eigenvalue weighted by Gasteiger charge is -2.18. The Hall–Kier alpha value is -4.33. The van der Waals surface area contributed by atoms with E-state index < -0.39 is 0 Å². The summed E-state index contributed by atoms with van der Waals surface area (Å²) in [5.74, 6) is 3.42. The first-order valence-corrected chi connectivity index (χ1v) is 10.8. The lowest BCUT2D eigenvalue weighted by atomic mass is 10.0. The lowest BCUT2D eigenvalue weighted by Crippen LogP contribution is -2.01. The number of benzene rings is 3. The number of nitrogens with zero attached hydrogens (tertiary/aromatic N) is 2. The zero-order valence-corrected chi connectivity index (χ0v) is 20.6. The van der Waals surface area contributed by atoms with Crippen LogP contribution in [0.4, 0.5) is 0 Å². The third kappa shape index (κ3) is 4.30. The van der Waals surface area contributed by atoms with E-state index in [9.17, 15) is 0 Å². The molecule has 0 spiro atoms. The van der Waals surface area contributed by atoms with E-state index >= 15 is 0 Å². The highest BCUT2D eigenvalue weighted by molar-refractivity contribution is 5.87. The van der Waals surface area contributed by atoms with Crippen LogP contribution < -0.4 is 28.4 Å². The van der Waals surface area contributed by atoms with Crippen LogP contribution in [0.15, 0.2) is 60.9 Å². The smallest absolute Gasteiger partial charge is 0.164 e. The topological polar surface area (TPSA) is 73.2 Å². The van der Waals surface area contributed by atoms with Crippen LogP contribution >= 0.6 is 0 Å². The Balaban J connectivity index is 2.08. The van der Waals surface area contributed by atoms with Crippen molar-refractivity contribution in [2.24, 2.45) is 0 Å². The van der Waals surface area contributed by atoms with Gasteiger partial charge in [-0.3, -0.25) is 4.57 Å². The molecule has 3 aromatic carbocycles. The van der Waals surface area contributed by atoms with E-state index in [1.165, 1.54) is 0 Å². The minimum atomic E-state index is 0.556. The zero-order chi connectivity index (χ0) is 24.9. The van der Waals surface area contributed by atoms with E-state index in [4.69, 9.17) is 33.4 Å². The van der Waals surface area contributed by atoms with Gasteiger partial charge in [0.1, 0.15) is 23.5 Å². The molecule has 1 heterocycles. The van der Waals surface area contributed by atoms with Crippen LogP contribution in [0.25, 0.3) is 28.2 Å². The van der Waals surface area contributed by atoms with Crippen LogP contribution in [0, 0.1) is 0 Å². The van der Waals surface area contributed by atoms with Crippen LogP contribution in [-0.2, 0) is 0 Å². The van der Waals surface area contributed by atoms with E-state index in [0.29, 0.717) is 40.2 Å². The van der Waals surface area contributed by atoms with Gasteiger partial charge in [0.25, 0.3) is 0 Å². The minimum absolute atomic E-state index is 0.556. The van der Waals surface area contributed by atoms with Crippen molar-refractivity contribution in [3.05, 3.63) is 60.9 Å². The summed E-state index contributed by atoms with van der Waals surface area (Å²) in [5, 5.41) is 0. The maximum Gasteiger partial charge on any atom is 0.164 e. The summed E-state index contributed by atoms with van der Waals surface area (Å²) in [6.07, 6.45) is 1.77. The molecular formula is C27H28N2O6. The summed E-state index contributed by atoms with van der Waals surface area (Å²) in [4.78, 5) is 4.81. The van der Waals surface area contributed by atoms with Crippen LogP contribution in [0.2, 0.25) is 0 Å². The number of rotatable bonds is 9. The number of ether oxygens (including phenoxy) is 6. The Morgan fingerprint density at radius 1 is 0.543 bits per heavy atom. The number of hydrogen-bond donors (Lipinski definition) is 0. The third-order valence-corrected chi connectivity index (χ3v) is 5.72. The van der Waals surface area contributed by atoms with Gasteiger partial charge < -0.3 is 28.4 Å². The van der Waals surface area contributed by atoms with Gasteiger partial charge in [0, 0.05) is 28.9 Å². The van der Waals surface area contributed by atoms with Crippen LogP contribution in [0.5, 0.6) is 34.5 Å². The van der Waals surface area contributed by atoms with Crippen LogP contribution in [-0.4, -0.2) is 52.2 Å². The first-order chi connectivity index (χ1) is 17.1. The summed E-state index contributed by atoms with van der Waals surface area (Å²) >= 11 is 0. The molecule has 0 saturated carbocycles. The average molecular weight is 477 g/mol. The fraction of sp³-hybridized carbons (Fsp3) is 0.222. The van der Waals surface area contributed by atoms with E-state index in [2.05, 4.69) is 0 Å². The van der Waals surface area contributed by atoms with Gasteiger partial charge >= 0.3 is 0 Å². The molecular weight excluding hydrogens is 448 g/mol. The molecule has 0 radical (unpaired) electrons. The van der Waals surface area contributed by atoms with Gasteiger partial charge in [-0.25, -0.2) is 4.98 Å². The standard InChI is InChI=1S/C27H28N2O6/c1-30-20-14-24(34-5)22(32-3)12-18(20)26-27(29(16-28-26)17-10-8-7-9-11-17)19-13-23(33-4)25(35-6)15-21(19)31-2/h7-16H,1-6H3. The molecule has 1 aromatic heterocycles. The second-order valence-electron chi connectivity index (χ2n) is 7.46. The summed E-state index contributed by atoms with van der Waals surface area (Å²) in [6.45, 7) is 0. The number of imidazole rings is 1. The van der Waals surface area contributed by atoms with Crippen molar-refractivity contribution in [1.29, 1.82) is 0 Å². The molecule has 0 N–H and O–H groups in total. The fourth-order valence-corrected chi connectivity index (χ4v) is 4.02. The highest BCUT2D eigenvalue weighted by atomic mass is 16.5. The van der Waals surface area contributed by atoms with Crippen LogP contribution in [0.3, 0.4) is 0 Å². The predicted octanol–water partition coefficient (Wildman–Crippen LogP) is 5.26. The molecule has 0 aliphatic rings. The first-order valence-electron chi connectivity index (χ1n) is 10.8. The molecule has 0 atom stereocenters. The molecule has 4 rings (SSSR count). The summed E-state index contributed by atoms with van der Waals surface area (Å²) in [7, 11) is 9.59. The molecule has 35 heavy (non-hydrogen) atoms. The number of para-hydroxylation sites is 1. The molecule has 0 saturated heterocycles. The number of aromatic nitrogens is 2. The first kappa shape index (κ1) is 23.8. The minimum Gasteiger partial charge on any atom is -0.496 e. The Morgan fingerprint density at radius 3 is 1.51 bits per heavy atom. The Bertz CT molecular complexity index is 1320. The van der Waals surface area contributed by atoms with Crippen molar-refractivity contribution in [2.75, 3.05) is 42.7 Å². The Morgan fingerprint density at radius 2 is 1.00 bits per heavy atom. The maximum absolute atomic E-state index is 5.78. The van der Waals surface area contributed by atoms with Gasteiger partial charge in [-0.05, 0) is 24.3 Å². The van der Waals surface area contributed by atoms with Gasteiger partial charge in [-0.2, -0.15) is 0 Å². The van der Waals surface area contributed by atoms with Gasteiger partial charge in [-0.15, -0.1) is 0 Å². The fourth-order valence-electron chi connectivity index (χ4n) is 4.02. The van der Waals surface area contributed by atoms with Gasteiger partial charge in [-0.1, -0.05) is 18.2 Å². The maximum atomic E-state index is 5.78. The van der Waals surface area contributed by atoms with Crippen molar-refractivity contribution < 1.29 is 28.4 Å². The molecule has 0 aliphatic heterocycles. The summed E-state index contributed by atoms with van der Waals surface area (Å²) in [5.41, 5.74) is 3.86. The number of hydrogen-bond acceptors (Lipinski definition) is 7. The predicted molar refractivity (Wildman–Crippen MR) is 134 cm³/mol. The van der Waals surface area contributed by atoms with Gasteiger partial charge in [0.05, 0.1) is 48.4 Å². The molecule has 0 fully saturated rings. The van der Waals surface area contributed by atoms with Gasteiger partial charge in [0.2, 0.25) is 0 Å². The van der Waals surface area contributed by atoms with E-state index in [-0.39, 0.29) is 0 Å². The Labute approximate surface area is 204 Å². The molecule has 8 nitrogen and oxygen atoms in total. The van der Waals surface area contributed by atoms with Gasteiger partial charge in [0.15, 0.2) is 23.0 Å². The highest BCUT2D eigenvalue weighted by Crippen LogP contribution is 2.47. The van der Waals surface area contributed by atoms with E-state index in [0.717, 1.165) is 22.5 Å². The molecule has 0 amide bonds. The van der Waals surface area contributed by atoms with Crippen molar-refractivity contribution in [3.63, 3.8) is 0 Å². The molecule has 4 aromatic rings. The van der Waals surface area contributed by atoms with E-state index in [1.807, 2.05) is 47.0 Å². The largest absolute Gasteiger partial charge is 0.496 e. The van der Waals surface area contributed by atoms with Crippen LogP contribution in [0.1, 0.15) is 0 Å². The van der Waals surface area contributed by atoms with Crippen molar-refractivity contribution >= 4 is 0 Å². The van der Waals surface area contributed by atoms with Crippen molar-refractivity contribution in [1.82, 2.24) is 9.55 Å².